The first-order valence-electron chi connectivity index (χ1n) is 7.52. The zero-order valence-electron chi connectivity index (χ0n) is 13.1. The summed E-state index contributed by atoms with van der Waals surface area (Å²) < 4.78 is 0. The molecule has 1 N–H and O–H groups in total. The molecule has 0 spiro atoms. The molecule has 3 nitrogen and oxygen atoms in total. The Bertz CT molecular complexity index is 441. The fourth-order valence-electron chi connectivity index (χ4n) is 2.31. The molecule has 0 aromatic heterocycles. The van der Waals surface area contributed by atoms with Crippen LogP contribution in [0.3, 0.4) is 0 Å². The van der Waals surface area contributed by atoms with E-state index in [0.29, 0.717) is 11.6 Å². The predicted molar refractivity (Wildman–Crippen MR) is 83.2 cm³/mol. The minimum absolute atomic E-state index is 0.369. The van der Waals surface area contributed by atoms with Gasteiger partial charge < -0.3 is 5.11 Å². The van der Waals surface area contributed by atoms with Gasteiger partial charge in [0.15, 0.2) is 0 Å². The molecule has 0 fully saturated rings. The molecule has 0 radical (unpaired) electrons. The van der Waals surface area contributed by atoms with Crippen LogP contribution in [0.1, 0.15) is 61.5 Å². The Labute approximate surface area is 122 Å². The van der Waals surface area contributed by atoms with Crippen LogP contribution in [0, 0.1) is 6.92 Å². The van der Waals surface area contributed by atoms with E-state index in [1.807, 2.05) is 13.0 Å². The first-order chi connectivity index (χ1) is 9.45. The maximum Gasteiger partial charge on any atom is 0.335 e. The normalized spacial score (nSPS) is 11.3. The van der Waals surface area contributed by atoms with Gasteiger partial charge in [-0.15, -0.1) is 0 Å². The Balaban J connectivity index is 2.75. The third kappa shape index (κ3) is 4.97. The molecule has 3 heteroatoms. The quantitative estimate of drug-likeness (QED) is 0.727. The summed E-state index contributed by atoms with van der Waals surface area (Å²) in [6, 6.07) is 5.93. The first-order valence-corrected chi connectivity index (χ1v) is 7.52. The zero-order chi connectivity index (χ0) is 15.1. The third-order valence-electron chi connectivity index (χ3n) is 3.74. The lowest BCUT2D eigenvalue weighted by Gasteiger charge is -2.27. The lowest BCUT2D eigenvalue weighted by molar-refractivity contribution is 0.0696. The number of unbranched alkanes of at least 4 members (excludes halogenated alkanes) is 2. The number of benzene rings is 1. The van der Waals surface area contributed by atoms with E-state index in [9.17, 15) is 4.79 Å². The van der Waals surface area contributed by atoms with Gasteiger partial charge in [-0.25, -0.2) is 4.79 Å². The maximum absolute atomic E-state index is 11.0. The van der Waals surface area contributed by atoms with Crippen LogP contribution >= 0.6 is 0 Å². The van der Waals surface area contributed by atoms with Crippen LogP contribution in [0.15, 0.2) is 18.2 Å². The predicted octanol–water partition coefficient (Wildman–Crippen LogP) is 4.09. The van der Waals surface area contributed by atoms with E-state index in [2.05, 4.69) is 25.7 Å². The Morgan fingerprint density at radius 1 is 1.30 bits per heavy atom. The van der Waals surface area contributed by atoms with E-state index < -0.39 is 5.97 Å². The van der Waals surface area contributed by atoms with E-state index in [4.69, 9.17) is 5.11 Å². The smallest absolute Gasteiger partial charge is 0.335 e. The van der Waals surface area contributed by atoms with Crippen molar-refractivity contribution in [1.29, 1.82) is 0 Å². The van der Waals surface area contributed by atoms with Crippen molar-refractivity contribution in [3.63, 3.8) is 0 Å². The summed E-state index contributed by atoms with van der Waals surface area (Å²) >= 11 is 0. The van der Waals surface area contributed by atoms with Crippen LogP contribution in [0.2, 0.25) is 0 Å². The largest absolute Gasteiger partial charge is 0.478 e. The van der Waals surface area contributed by atoms with Crippen molar-refractivity contribution in [3.05, 3.63) is 34.9 Å². The minimum Gasteiger partial charge on any atom is -0.478 e. The highest BCUT2D eigenvalue weighted by molar-refractivity contribution is 5.87. The van der Waals surface area contributed by atoms with Gasteiger partial charge in [-0.1, -0.05) is 25.8 Å². The Morgan fingerprint density at radius 3 is 2.50 bits per heavy atom. The van der Waals surface area contributed by atoms with Gasteiger partial charge in [0, 0.05) is 12.6 Å². The number of aryl methyl sites for hydroxylation is 1. The van der Waals surface area contributed by atoms with E-state index >= 15 is 0 Å². The molecule has 20 heavy (non-hydrogen) atoms. The second-order valence-electron chi connectivity index (χ2n) is 5.72. The summed E-state index contributed by atoms with van der Waals surface area (Å²) in [6.07, 6.45) is 3.72. The second-order valence-corrected chi connectivity index (χ2v) is 5.72. The highest BCUT2D eigenvalue weighted by atomic mass is 16.4. The average Bonchev–Trinajstić information content (AvgIpc) is 2.39. The van der Waals surface area contributed by atoms with Crippen LogP contribution in [-0.2, 0) is 6.54 Å². The lowest BCUT2D eigenvalue weighted by atomic mass is 10.0. The Morgan fingerprint density at radius 2 is 2.00 bits per heavy atom. The Hall–Kier alpha value is -1.35. The number of nitrogens with zero attached hydrogens (tertiary/aromatic N) is 1. The number of hydrogen-bond donors (Lipinski definition) is 1. The number of carboxylic acids is 1. The van der Waals surface area contributed by atoms with Gasteiger partial charge in [0.2, 0.25) is 0 Å². The summed E-state index contributed by atoms with van der Waals surface area (Å²) in [6.45, 7) is 10.6. The van der Waals surface area contributed by atoms with Crippen molar-refractivity contribution in [2.24, 2.45) is 0 Å². The molecule has 0 saturated heterocycles. The molecule has 0 aliphatic rings. The minimum atomic E-state index is -0.858. The summed E-state index contributed by atoms with van der Waals surface area (Å²) in [5.74, 6) is -0.858. The molecule has 0 unspecified atom stereocenters. The van der Waals surface area contributed by atoms with Gasteiger partial charge in [-0.05, 0) is 57.0 Å². The molecule has 0 aliphatic heterocycles. The lowest BCUT2D eigenvalue weighted by Crippen LogP contribution is -2.31. The SMILES string of the molecule is CCCCCN(Cc1ccc(C(=O)O)cc1C)C(C)C. The van der Waals surface area contributed by atoms with Gasteiger partial charge in [0.05, 0.1) is 5.56 Å². The van der Waals surface area contributed by atoms with E-state index in [1.54, 1.807) is 12.1 Å². The fraction of sp³-hybridized carbons (Fsp3) is 0.588. The van der Waals surface area contributed by atoms with Crippen molar-refractivity contribution in [2.75, 3.05) is 6.54 Å². The molecule has 0 saturated carbocycles. The third-order valence-corrected chi connectivity index (χ3v) is 3.74. The zero-order valence-corrected chi connectivity index (χ0v) is 13.1. The fourth-order valence-corrected chi connectivity index (χ4v) is 2.31. The number of rotatable bonds is 8. The number of carbonyl (C=O) groups is 1. The summed E-state index contributed by atoms with van der Waals surface area (Å²) in [5.41, 5.74) is 2.65. The van der Waals surface area contributed by atoms with Crippen molar-refractivity contribution in [1.82, 2.24) is 4.90 Å². The summed E-state index contributed by atoms with van der Waals surface area (Å²) in [4.78, 5) is 13.4. The molecule has 0 atom stereocenters. The van der Waals surface area contributed by atoms with Gasteiger partial charge in [-0.3, -0.25) is 4.90 Å². The highest BCUT2D eigenvalue weighted by Crippen LogP contribution is 2.16. The van der Waals surface area contributed by atoms with Crippen molar-refractivity contribution in [2.45, 2.75) is 59.5 Å². The van der Waals surface area contributed by atoms with Crippen LogP contribution in [0.25, 0.3) is 0 Å². The molecule has 0 bridgehead atoms. The van der Waals surface area contributed by atoms with Gasteiger partial charge in [0.25, 0.3) is 0 Å². The molecule has 1 aromatic rings. The first kappa shape index (κ1) is 16.7. The summed E-state index contributed by atoms with van der Waals surface area (Å²) in [5, 5.41) is 9.00. The molecular weight excluding hydrogens is 250 g/mol. The molecule has 0 aliphatic carbocycles. The standard InChI is InChI=1S/C17H27NO2/c1-5-6-7-10-18(13(2)3)12-16-9-8-15(17(19)20)11-14(16)4/h8-9,11,13H,5-7,10,12H2,1-4H3,(H,19,20). The number of carboxylic acid groups (broad SMARTS) is 1. The second kappa shape index (κ2) is 8.05. The molecule has 112 valence electrons. The molecule has 1 aromatic carbocycles. The monoisotopic (exact) mass is 277 g/mol. The van der Waals surface area contributed by atoms with E-state index in [-0.39, 0.29) is 0 Å². The Kier molecular flexibility index (Phi) is 6.73. The maximum atomic E-state index is 11.0. The highest BCUT2D eigenvalue weighted by Gasteiger charge is 2.12. The topological polar surface area (TPSA) is 40.5 Å². The number of aromatic carboxylic acids is 1. The van der Waals surface area contributed by atoms with Gasteiger partial charge in [-0.2, -0.15) is 0 Å². The van der Waals surface area contributed by atoms with Crippen LogP contribution in [-0.4, -0.2) is 28.6 Å². The molecule has 1 rings (SSSR count). The van der Waals surface area contributed by atoms with Crippen LogP contribution in [0.4, 0.5) is 0 Å². The number of hydrogen-bond acceptors (Lipinski definition) is 2. The summed E-state index contributed by atoms with van der Waals surface area (Å²) in [7, 11) is 0. The van der Waals surface area contributed by atoms with Crippen molar-refractivity contribution >= 4 is 5.97 Å². The van der Waals surface area contributed by atoms with E-state index in [0.717, 1.165) is 18.7 Å². The van der Waals surface area contributed by atoms with Crippen molar-refractivity contribution < 1.29 is 9.90 Å². The average molecular weight is 277 g/mol. The molecule has 0 heterocycles. The van der Waals surface area contributed by atoms with Gasteiger partial charge in [0.1, 0.15) is 0 Å². The van der Waals surface area contributed by atoms with E-state index in [1.165, 1.54) is 24.8 Å². The van der Waals surface area contributed by atoms with Crippen LogP contribution < -0.4 is 0 Å². The molecular formula is C17H27NO2. The molecule has 0 amide bonds. The van der Waals surface area contributed by atoms with Crippen molar-refractivity contribution in [3.8, 4) is 0 Å². The van der Waals surface area contributed by atoms with Gasteiger partial charge >= 0.3 is 5.97 Å². The van der Waals surface area contributed by atoms with Crippen LogP contribution in [0.5, 0.6) is 0 Å².